The predicted molar refractivity (Wildman–Crippen MR) is 131 cm³/mol. The highest BCUT2D eigenvalue weighted by Crippen LogP contribution is 2.37. The fraction of sp³-hybridized carbons (Fsp3) is 0.400. The smallest absolute Gasteiger partial charge is 0.248 e. The lowest BCUT2D eigenvalue weighted by atomic mass is 10.0. The molecule has 1 fully saturated rings. The third-order valence-electron chi connectivity index (χ3n) is 6.36. The third-order valence-corrected chi connectivity index (χ3v) is 7.31. The zero-order valence-electron chi connectivity index (χ0n) is 19.4. The van der Waals surface area contributed by atoms with Crippen LogP contribution in [-0.2, 0) is 9.59 Å². The Morgan fingerprint density at radius 2 is 1.94 bits per heavy atom. The molecule has 0 aliphatic carbocycles. The van der Waals surface area contributed by atoms with Gasteiger partial charge in [0.2, 0.25) is 11.8 Å². The van der Waals surface area contributed by atoms with Crippen LogP contribution in [0.4, 0.5) is 4.39 Å². The van der Waals surface area contributed by atoms with Crippen LogP contribution in [-0.4, -0.2) is 58.6 Å². The molecule has 9 heteroatoms. The number of aliphatic hydroxyl groups is 1. The number of likely N-dealkylation sites (tertiary alicyclic amines) is 1. The molecule has 2 amide bonds. The first-order valence-corrected chi connectivity index (χ1v) is 12.3. The van der Waals surface area contributed by atoms with Crippen molar-refractivity contribution >= 4 is 33.9 Å². The molecule has 1 aliphatic rings. The predicted octanol–water partition coefficient (Wildman–Crippen LogP) is 3.24. The number of nitrogens with zero attached hydrogens (tertiary/aromatic N) is 2. The highest BCUT2D eigenvalue weighted by atomic mass is 32.1. The summed E-state index contributed by atoms with van der Waals surface area (Å²) in [6.45, 7) is 3.71. The van der Waals surface area contributed by atoms with Gasteiger partial charge in [0.15, 0.2) is 0 Å². The van der Waals surface area contributed by atoms with Gasteiger partial charge in [-0.2, -0.15) is 0 Å². The van der Waals surface area contributed by atoms with E-state index in [1.807, 2.05) is 17.5 Å². The van der Waals surface area contributed by atoms with Gasteiger partial charge >= 0.3 is 0 Å². The van der Waals surface area contributed by atoms with E-state index in [9.17, 15) is 19.1 Å². The van der Waals surface area contributed by atoms with Crippen LogP contribution in [0.1, 0.15) is 37.7 Å². The molecule has 0 radical (unpaired) electrons. The topological polar surface area (TPSA) is 94.6 Å². The molecule has 0 unspecified atom stereocenters. The van der Waals surface area contributed by atoms with Crippen molar-refractivity contribution in [3.63, 3.8) is 0 Å². The van der Waals surface area contributed by atoms with Crippen LogP contribution < -0.4 is 10.6 Å². The quantitative estimate of drug-likeness (QED) is 0.479. The maximum Gasteiger partial charge on any atom is 0.248 e. The third kappa shape index (κ3) is 4.68. The lowest BCUT2D eigenvalue weighted by Crippen LogP contribution is -2.56. The number of fused-ring (bicyclic) bond motifs is 1. The molecule has 3 aromatic rings. The summed E-state index contributed by atoms with van der Waals surface area (Å²) in [6.07, 6.45) is 0.508. The summed E-state index contributed by atoms with van der Waals surface area (Å²) in [6, 6.07) is 8.71. The molecule has 3 N–H and O–H groups in total. The molecule has 4 atom stereocenters. The number of likely N-dealkylation sites (N-methyl/N-ethyl adjacent to an activating group) is 1. The number of amides is 2. The molecule has 0 spiro atoms. The lowest BCUT2D eigenvalue weighted by molar-refractivity contribution is -0.140. The first-order chi connectivity index (χ1) is 16.3. The van der Waals surface area contributed by atoms with E-state index in [0.717, 1.165) is 34.5 Å². The van der Waals surface area contributed by atoms with Gasteiger partial charge in [-0.05, 0) is 51.3 Å². The SMILES string of the molecule is CN[C@@H](C)C(=O)N[C@H](C(=O)N1CCC[C@H]1c1nc(-c2ccc(F)c3ccccc23)cs1)[C@@H](C)O. The monoisotopic (exact) mass is 484 g/mol. The molecule has 1 saturated heterocycles. The van der Waals surface area contributed by atoms with Gasteiger partial charge in [0.05, 0.1) is 23.9 Å². The summed E-state index contributed by atoms with van der Waals surface area (Å²) in [5.74, 6) is -0.948. The van der Waals surface area contributed by atoms with E-state index in [1.165, 1.54) is 24.3 Å². The highest BCUT2D eigenvalue weighted by molar-refractivity contribution is 7.10. The van der Waals surface area contributed by atoms with E-state index in [-0.39, 0.29) is 23.7 Å². The number of carbonyl (C=O) groups is 2. The number of hydrogen-bond acceptors (Lipinski definition) is 6. The van der Waals surface area contributed by atoms with Crippen molar-refractivity contribution in [1.29, 1.82) is 0 Å². The van der Waals surface area contributed by atoms with E-state index >= 15 is 0 Å². The zero-order chi connectivity index (χ0) is 24.4. The summed E-state index contributed by atoms with van der Waals surface area (Å²) >= 11 is 1.46. The second kappa shape index (κ2) is 10.2. The van der Waals surface area contributed by atoms with E-state index < -0.39 is 18.2 Å². The Bertz CT molecular complexity index is 1200. The van der Waals surface area contributed by atoms with Gasteiger partial charge in [-0.3, -0.25) is 9.59 Å². The normalized spacial score (nSPS) is 18.6. The Morgan fingerprint density at radius 1 is 1.21 bits per heavy atom. The van der Waals surface area contributed by atoms with Crippen LogP contribution in [0.5, 0.6) is 0 Å². The molecule has 34 heavy (non-hydrogen) atoms. The average Bonchev–Trinajstić information content (AvgIpc) is 3.51. The van der Waals surface area contributed by atoms with E-state index in [4.69, 9.17) is 4.98 Å². The first-order valence-electron chi connectivity index (χ1n) is 11.4. The minimum absolute atomic E-state index is 0.238. The highest BCUT2D eigenvalue weighted by Gasteiger charge is 2.38. The van der Waals surface area contributed by atoms with Gasteiger partial charge < -0.3 is 20.6 Å². The van der Waals surface area contributed by atoms with Crippen LogP contribution >= 0.6 is 11.3 Å². The van der Waals surface area contributed by atoms with Crippen molar-refractivity contribution in [3.05, 3.63) is 52.6 Å². The van der Waals surface area contributed by atoms with Crippen molar-refractivity contribution in [2.24, 2.45) is 0 Å². The summed E-state index contributed by atoms with van der Waals surface area (Å²) in [4.78, 5) is 32.3. The standard InChI is InChI=1S/C25H29FN4O3S/c1-14(27-3)23(32)29-22(15(2)31)25(33)30-12-6-9-21(30)24-28-20(13-34-24)18-10-11-19(26)17-8-5-4-7-16(17)18/h4-5,7-8,10-11,13-15,21-22,27,31H,6,9,12H2,1-3H3,(H,29,32)/t14-,15+,21-,22-/m0/s1. The number of aliphatic hydroxyl groups excluding tert-OH is 1. The van der Waals surface area contributed by atoms with Gasteiger partial charge in [0.1, 0.15) is 16.9 Å². The van der Waals surface area contributed by atoms with Crippen molar-refractivity contribution in [3.8, 4) is 11.3 Å². The number of halogens is 1. The molecule has 1 aromatic heterocycles. The summed E-state index contributed by atoms with van der Waals surface area (Å²) in [5, 5.41) is 19.8. The maximum absolute atomic E-state index is 14.3. The van der Waals surface area contributed by atoms with Crippen LogP contribution in [0.3, 0.4) is 0 Å². The van der Waals surface area contributed by atoms with E-state index in [1.54, 1.807) is 37.1 Å². The largest absolute Gasteiger partial charge is 0.391 e. The zero-order valence-corrected chi connectivity index (χ0v) is 20.2. The van der Waals surface area contributed by atoms with Crippen LogP contribution in [0.2, 0.25) is 0 Å². The molecule has 180 valence electrons. The Labute approximate surface area is 202 Å². The fourth-order valence-corrected chi connectivity index (χ4v) is 5.28. The second-order valence-electron chi connectivity index (χ2n) is 8.64. The Hall–Kier alpha value is -2.88. The minimum atomic E-state index is -1.04. The molecule has 2 aromatic carbocycles. The number of carbonyl (C=O) groups excluding carboxylic acids is 2. The number of benzene rings is 2. The Balaban J connectivity index is 1.59. The Kier molecular flexibility index (Phi) is 7.25. The molecule has 1 aliphatic heterocycles. The average molecular weight is 485 g/mol. The number of hydrogen-bond donors (Lipinski definition) is 3. The molecule has 0 saturated carbocycles. The van der Waals surface area contributed by atoms with E-state index in [0.29, 0.717) is 11.9 Å². The number of aromatic nitrogens is 1. The summed E-state index contributed by atoms with van der Waals surface area (Å²) in [5.41, 5.74) is 1.57. The molecule has 0 bridgehead atoms. The van der Waals surface area contributed by atoms with Gasteiger partial charge in [-0.15, -0.1) is 11.3 Å². The van der Waals surface area contributed by atoms with Crippen molar-refractivity contribution in [2.45, 2.75) is 50.9 Å². The molecule has 4 rings (SSSR count). The fourth-order valence-electron chi connectivity index (χ4n) is 4.31. The Morgan fingerprint density at radius 3 is 2.65 bits per heavy atom. The molecular weight excluding hydrogens is 455 g/mol. The van der Waals surface area contributed by atoms with Gasteiger partial charge in [0, 0.05) is 22.9 Å². The van der Waals surface area contributed by atoms with Crippen molar-refractivity contribution in [1.82, 2.24) is 20.5 Å². The summed E-state index contributed by atoms with van der Waals surface area (Å²) in [7, 11) is 1.66. The van der Waals surface area contributed by atoms with Crippen LogP contribution in [0.25, 0.3) is 22.0 Å². The van der Waals surface area contributed by atoms with Gasteiger partial charge in [0.25, 0.3) is 0 Å². The summed E-state index contributed by atoms with van der Waals surface area (Å²) < 4.78 is 14.3. The van der Waals surface area contributed by atoms with E-state index in [2.05, 4.69) is 10.6 Å². The first kappa shape index (κ1) is 24.3. The van der Waals surface area contributed by atoms with Gasteiger partial charge in [-0.25, -0.2) is 9.37 Å². The maximum atomic E-state index is 14.3. The number of nitrogens with one attached hydrogen (secondary N) is 2. The van der Waals surface area contributed by atoms with Crippen LogP contribution in [0.15, 0.2) is 41.8 Å². The van der Waals surface area contributed by atoms with Crippen LogP contribution in [0, 0.1) is 5.82 Å². The van der Waals surface area contributed by atoms with Gasteiger partial charge in [-0.1, -0.05) is 24.3 Å². The number of thiazole rings is 1. The molecule has 7 nitrogen and oxygen atoms in total. The molecule has 2 heterocycles. The lowest BCUT2D eigenvalue weighted by Gasteiger charge is -2.30. The molecular formula is C25H29FN4O3S. The number of rotatable bonds is 7. The van der Waals surface area contributed by atoms with Crippen molar-refractivity contribution in [2.75, 3.05) is 13.6 Å². The van der Waals surface area contributed by atoms with Crippen molar-refractivity contribution < 1.29 is 19.1 Å². The second-order valence-corrected chi connectivity index (χ2v) is 9.53. The minimum Gasteiger partial charge on any atom is -0.391 e.